The number of esters is 1. The molecule has 1 saturated heterocycles. The second-order valence-electron chi connectivity index (χ2n) is 25.6. The van der Waals surface area contributed by atoms with Crippen molar-refractivity contribution in [1.29, 1.82) is 0 Å². The summed E-state index contributed by atoms with van der Waals surface area (Å²) < 4.78 is 16.7. The van der Waals surface area contributed by atoms with Gasteiger partial charge in [0.15, 0.2) is 6.29 Å². The van der Waals surface area contributed by atoms with Gasteiger partial charge in [-0.25, -0.2) is 0 Å². The topological polar surface area (TPSA) is 175 Å². The summed E-state index contributed by atoms with van der Waals surface area (Å²) in [4.78, 5) is 25.1. The Kier molecular flexibility index (Phi) is 62.5. The fraction of sp³-hybridized carbons (Fsp3) is 0.795. The summed E-state index contributed by atoms with van der Waals surface area (Å²) in [6, 6.07) is -0.833. The molecule has 1 rings (SSSR count). The maximum Gasteiger partial charge on any atom is 0.305 e. The van der Waals surface area contributed by atoms with Crippen molar-refractivity contribution in [3.63, 3.8) is 0 Å². The van der Waals surface area contributed by atoms with Crippen LogP contribution in [-0.2, 0) is 23.8 Å². The summed E-state index contributed by atoms with van der Waals surface area (Å²) in [5.74, 6) is -0.199. The van der Waals surface area contributed by atoms with E-state index in [0.29, 0.717) is 19.4 Å². The summed E-state index contributed by atoms with van der Waals surface area (Å²) in [5.41, 5.74) is 0. The highest BCUT2D eigenvalue weighted by Gasteiger charge is 2.44. The van der Waals surface area contributed by atoms with E-state index in [0.717, 1.165) is 77.0 Å². The summed E-state index contributed by atoms with van der Waals surface area (Å²) in [7, 11) is 0. The lowest BCUT2D eigenvalue weighted by Gasteiger charge is -2.40. The molecule has 6 N–H and O–H groups in total. The highest BCUT2D eigenvalue weighted by molar-refractivity contribution is 5.76. The van der Waals surface area contributed by atoms with Gasteiger partial charge in [0.25, 0.3) is 0 Å². The van der Waals surface area contributed by atoms with Crippen molar-refractivity contribution in [2.75, 3.05) is 19.8 Å². The van der Waals surface area contributed by atoms with Gasteiger partial charge in [0.1, 0.15) is 24.4 Å². The van der Waals surface area contributed by atoms with Crippen LogP contribution in [0.4, 0.5) is 0 Å². The minimum atomic E-state index is -1.58. The Hall–Kier alpha value is -3.16. The Morgan fingerprint density at radius 2 is 0.809 bits per heavy atom. The summed E-state index contributed by atoms with van der Waals surface area (Å²) in [6.45, 7) is 4.08. The van der Waals surface area contributed by atoms with Crippen LogP contribution in [-0.4, -0.2) is 100 Å². The second-order valence-corrected chi connectivity index (χ2v) is 25.6. The molecular formula is C78H139NO10. The predicted octanol–water partition coefficient (Wildman–Crippen LogP) is 19.6. The molecule has 0 aliphatic carbocycles. The summed E-state index contributed by atoms with van der Waals surface area (Å²) in [6.07, 6.45) is 82.1. The van der Waals surface area contributed by atoms with Crippen molar-refractivity contribution in [1.82, 2.24) is 5.32 Å². The van der Waals surface area contributed by atoms with Gasteiger partial charge in [-0.3, -0.25) is 9.59 Å². The van der Waals surface area contributed by atoms with Crippen LogP contribution in [0, 0.1) is 0 Å². The number of carbonyl (C=O) groups is 2. The van der Waals surface area contributed by atoms with Crippen molar-refractivity contribution in [3.8, 4) is 0 Å². The number of hydrogen-bond acceptors (Lipinski definition) is 10. The molecule has 7 unspecified atom stereocenters. The van der Waals surface area contributed by atoms with E-state index in [4.69, 9.17) is 14.2 Å². The number of amides is 1. The number of allylic oxidation sites excluding steroid dienone is 13. The first kappa shape index (κ1) is 83.9. The van der Waals surface area contributed by atoms with E-state index in [-0.39, 0.29) is 18.5 Å². The highest BCUT2D eigenvalue weighted by Crippen LogP contribution is 2.23. The molecule has 1 aliphatic rings. The van der Waals surface area contributed by atoms with Crippen molar-refractivity contribution in [2.45, 2.75) is 378 Å². The molecular weight excluding hydrogens is 1110 g/mol. The van der Waals surface area contributed by atoms with E-state index in [1.54, 1.807) is 6.08 Å². The SMILES string of the molecule is C/C=C/CC/C=C/CC/C=C/C(O)C(COC1OC(CO)C(O)C(O)C1O)NC(=O)CCCCCCCCCCCCCCCCCCC/C=C\C/C=C\CCCCCCCCCCCCCCCOC(=O)CCCCCCC/C=C\C/C=C\CCCCC. The van der Waals surface area contributed by atoms with Gasteiger partial charge >= 0.3 is 5.97 Å². The zero-order valence-electron chi connectivity index (χ0n) is 57.4. The van der Waals surface area contributed by atoms with Crippen LogP contribution >= 0.6 is 0 Å². The van der Waals surface area contributed by atoms with E-state index >= 15 is 0 Å². The molecule has 516 valence electrons. The molecule has 7 atom stereocenters. The van der Waals surface area contributed by atoms with E-state index in [9.17, 15) is 35.1 Å². The first-order valence-corrected chi connectivity index (χ1v) is 37.3. The quantitative estimate of drug-likeness (QED) is 0.0195. The van der Waals surface area contributed by atoms with Gasteiger partial charge in [0.2, 0.25) is 5.91 Å². The molecule has 0 bridgehead atoms. The number of nitrogens with one attached hydrogen (secondary N) is 1. The number of aliphatic hydroxyl groups is 5. The Morgan fingerprint density at radius 1 is 0.438 bits per heavy atom. The largest absolute Gasteiger partial charge is 0.466 e. The van der Waals surface area contributed by atoms with Crippen molar-refractivity contribution >= 4 is 11.9 Å². The fourth-order valence-electron chi connectivity index (χ4n) is 11.4. The van der Waals surface area contributed by atoms with Crippen LogP contribution in [0.15, 0.2) is 85.1 Å². The predicted molar refractivity (Wildman–Crippen MR) is 375 cm³/mol. The van der Waals surface area contributed by atoms with E-state index in [1.807, 2.05) is 19.1 Å². The maximum atomic E-state index is 13.0. The molecule has 1 amide bonds. The standard InChI is InChI=1S/C78H139NO10/c1-3-5-7-9-11-13-14-15-39-43-46-50-54-58-62-66-74(83)87-67-63-59-55-51-47-44-41-38-36-34-32-30-28-26-24-22-20-18-16-17-19-21-23-25-27-29-31-33-35-37-40-42-45-49-53-57-61-65-73(82)79-70(71(81)64-60-56-52-48-12-10-8-6-4-2)69-88-78-77(86)76(85)75(84)72(68-80)89-78/h4,6,11-13,15-16,18,22,24,39,48,60,64,70-72,75-78,80-81,84-86H,3,5,7-10,14,17,19-21,23,25-38,40-47,49-59,61-63,65-69H2,1-2H3,(H,79,82)/b6-4+,13-11-,18-16-,24-22-,39-15-,48-12+,64-60+. The van der Waals surface area contributed by atoms with Crippen molar-refractivity contribution in [3.05, 3.63) is 85.1 Å². The maximum absolute atomic E-state index is 13.0. The van der Waals surface area contributed by atoms with E-state index in [2.05, 4.69) is 79.1 Å². The lowest BCUT2D eigenvalue weighted by Crippen LogP contribution is -2.60. The lowest BCUT2D eigenvalue weighted by atomic mass is 9.99. The summed E-state index contributed by atoms with van der Waals surface area (Å²) in [5, 5.41) is 54.2. The van der Waals surface area contributed by atoms with Crippen molar-refractivity contribution in [2.24, 2.45) is 0 Å². The van der Waals surface area contributed by atoms with Crippen LogP contribution in [0.2, 0.25) is 0 Å². The lowest BCUT2D eigenvalue weighted by molar-refractivity contribution is -0.302. The molecule has 1 fully saturated rings. The molecule has 1 heterocycles. The van der Waals surface area contributed by atoms with Gasteiger partial charge in [0.05, 0.1) is 32.0 Å². The second kappa shape index (κ2) is 66.3. The zero-order valence-corrected chi connectivity index (χ0v) is 57.4. The van der Waals surface area contributed by atoms with E-state index in [1.165, 1.54) is 231 Å². The van der Waals surface area contributed by atoms with Crippen molar-refractivity contribution < 1.29 is 49.3 Å². The normalized spacial score (nSPS) is 18.2. The van der Waals surface area contributed by atoms with Gasteiger partial charge in [0, 0.05) is 12.8 Å². The highest BCUT2D eigenvalue weighted by atomic mass is 16.7. The first-order valence-electron chi connectivity index (χ1n) is 37.3. The number of carbonyl (C=O) groups excluding carboxylic acids is 2. The van der Waals surface area contributed by atoms with Crippen LogP contribution < -0.4 is 5.32 Å². The third-order valence-corrected chi connectivity index (χ3v) is 17.3. The molecule has 0 spiro atoms. The van der Waals surface area contributed by atoms with E-state index < -0.39 is 49.5 Å². The number of hydrogen-bond donors (Lipinski definition) is 6. The van der Waals surface area contributed by atoms with Gasteiger partial charge in [-0.1, -0.05) is 291 Å². The van der Waals surface area contributed by atoms with Gasteiger partial charge < -0.3 is 45.1 Å². The smallest absolute Gasteiger partial charge is 0.305 e. The van der Waals surface area contributed by atoms with Crippen LogP contribution in [0.1, 0.15) is 335 Å². The molecule has 0 aromatic carbocycles. The minimum Gasteiger partial charge on any atom is -0.466 e. The molecule has 89 heavy (non-hydrogen) atoms. The molecule has 0 saturated carbocycles. The fourth-order valence-corrected chi connectivity index (χ4v) is 11.4. The van der Waals surface area contributed by atoms with Gasteiger partial charge in [-0.05, 0) is 116 Å². The number of rotatable bonds is 65. The average Bonchev–Trinajstić information content (AvgIpc) is 2.38. The molecule has 11 heteroatoms. The monoisotopic (exact) mass is 1250 g/mol. The first-order chi connectivity index (χ1) is 43.7. The third kappa shape index (κ3) is 55.0. The number of aliphatic hydroxyl groups excluding tert-OH is 5. The minimum absolute atomic E-state index is 0.00231. The molecule has 0 aromatic heterocycles. The summed E-state index contributed by atoms with van der Waals surface area (Å²) >= 11 is 0. The average molecular weight is 1250 g/mol. The third-order valence-electron chi connectivity index (χ3n) is 17.3. The Morgan fingerprint density at radius 3 is 1.24 bits per heavy atom. The molecule has 0 radical (unpaired) electrons. The van der Waals surface area contributed by atoms with Gasteiger partial charge in [-0.15, -0.1) is 0 Å². The number of ether oxygens (including phenoxy) is 3. The van der Waals surface area contributed by atoms with Crippen LogP contribution in [0.25, 0.3) is 0 Å². The van der Waals surface area contributed by atoms with Crippen LogP contribution in [0.5, 0.6) is 0 Å². The Balaban J connectivity index is 1.89. The van der Waals surface area contributed by atoms with Crippen LogP contribution in [0.3, 0.4) is 0 Å². The zero-order chi connectivity index (χ0) is 64.4. The molecule has 0 aromatic rings. The number of unbranched alkanes of at least 4 members (excludes halogenated alkanes) is 40. The Bertz CT molecular complexity index is 1760. The molecule has 11 nitrogen and oxygen atoms in total. The van der Waals surface area contributed by atoms with Gasteiger partial charge in [-0.2, -0.15) is 0 Å². The molecule has 1 aliphatic heterocycles. The Labute approximate surface area is 546 Å².